The lowest BCUT2D eigenvalue weighted by Crippen LogP contribution is -2.29. The zero-order chi connectivity index (χ0) is 32.2. The Morgan fingerprint density at radius 2 is 0.979 bits per heavy atom. The Labute approximate surface area is 276 Å². The average molecular weight is 619 g/mol. The predicted molar refractivity (Wildman–Crippen MR) is 190 cm³/mol. The van der Waals surface area contributed by atoms with Crippen molar-refractivity contribution in [1.29, 1.82) is 0 Å². The van der Waals surface area contributed by atoms with Crippen molar-refractivity contribution in [2.45, 2.75) is 0 Å². The maximum atomic E-state index is 14.4. The van der Waals surface area contributed by atoms with Crippen molar-refractivity contribution in [2.24, 2.45) is 0 Å². The molecule has 0 N–H and O–H groups in total. The maximum absolute atomic E-state index is 14.4. The van der Waals surface area contributed by atoms with E-state index in [1.54, 1.807) is 30.9 Å². The van der Waals surface area contributed by atoms with Crippen LogP contribution in [0.1, 0.15) is 20.7 Å². The van der Waals surface area contributed by atoms with Gasteiger partial charge in [0.05, 0.1) is 33.5 Å². The number of nitrogens with zero attached hydrogens (tertiary/aromatic N) is 4. The highest BCUT2D eigenvalue weighted by Crippen LogP contribution is 2.40. The summed E-state index contributed by atoms with van der Waals surface area (Å²) in [5, 5.41) is 2.08. The van der Waals surface area contributed by atoms with Gasteiger partial charge in [-0.2, -0.15) is 0 Å². The molecule has 0 unspecified atom stereocenters. The monoisotopic (exact) mass is 618 g/mol. The Morgan fingerprint density at radius 1 is 0.438 bits per heavy atom. The fourth-order valence-corrected chi connectivity index (χ4v) is 6.87. The molecule has 48 heavy (non-hydrogen) atoms. The molecule has 0 atom stereocenters. The van der Waals surface area contributed by atoms with Crippen LogP contribution >= 0.6 is 0 Å². The van der Waals surface area contributed by atoms with E-state index >= 15 is 0 Å². The summed E-state index contributed by atoms with van der Waals surface area (Å²) in [4.78, 5) is 38.1. The van der Waals surface area contributed by atoms with Gasteiger partial charge in [-0.15, -0.1) is 0 Å². The second-order valence-corrected chi connectivity index (χ2v) is 11.8. The molecule has 6 heteroatoms. The number of rotatable bonds is 5. The molecular formula is C42H26N4O2. The van der Waals surface area contributed by atoms with Crippen LogP contribution in [0.4, 0.5) is 5.69 Å². The van der Waals surface area contributed by atoms with E-state index in [9.17, 15) is 9.59 Å². The highest BCUT2D eigenvalue weighted by atomic mass is 16.2. The van der Waals surface area contributed by atoms with Gasteiger partial charge in [0, 0.05) is 35.6 Å². The minimum atomic E-state index is -0.340. The van der Waals surface area contributed by atoms with Gasteiger partial charge in [0.1, 0.15) is 0 Å². The molecule has 0 saturated carbocycles. The Morgan fingerprint density at radius 3 is 1.60 bits per heavy atom. The first-order chi connectivity index (χ1) is 23.7. The molecule has 226 valence electrons. The number of benzene rings is 5. The Hall–Kier alpha value is -6.66. The number of carbonyl (C=O) groups is 2. The van der Waals surface area contributed by atoms with Crippen molar-refractivity contribution < 1.29 is 9.59 Å². The van der Waals surface area contributed by atoms with Crippen LogP contribution in [0.25, 0.3) is 60.9 Å². The molecule has 0 bridgehead atoms. The van der Waals surface area contributed by atoms with Crippen molar-refractivity contribution in [2.75, 3.05) is 4.90 Å². The summed E-state index contributed by atoms with van der Waals surface area (Å²) < 4.78 is 2.12. The van der Waals surface area contributed by atoms with Crippen LogP contribution in [0.3, 0.4) is 0 Å². The van der Waals surface area contributed by atoms with Crippen LogP contribution < -0.4 is 4.90 Å². The number of amides is 2. The lowest BCUT2D eigenvalue weighted by Gasteiger charge is -2.16. The summed E-state index contributed by atoms with van der Waals surface area (Å²) >= 11 is 0. The van der Waals surface area contributed by atoms with Gasteiger partial charge in [-0.3, -0.25) is 19.6 Å². The Bertz CT molecular complexity index is 2440. The van der Waals surface area contributed by atoms with Crippen LogP contribution in [-0.2, 0) is 0 Å². The molecule has 8 aromatic rings. The predicted octanol–water partition coefficient (Wildman–Crippen LogP) is 9.38. The summed E-state index contributed by atoms with van der Waals surface area (Å²) in [6, 6.07) is 43.8. The second-order valence-electron chi connectivity index (χ2n) is 11.8. The van der Waals surface area contributed by atoms with Gasteiger partial charge in [0.2, 0.25) is 0 Å². The highest BCUT2D eigenvalue weighted by molar-refractivity contribution is 6.36. The Balaban J connectivity index is 1.24. The molecule has 1 aliphatic rings. The van der Waals surface area contributed by atoms with E-state index in [0.717, 1.165) is 55.2 Å². The molecule has 0 fully saturated rings. The number of hydrogen-bond acceptors (Lipinski definition) is 4. The zero-order valence-corrected chi connectivity index (χ0v) is 25.6. The van der Waals surface area contributed by atoms with E-state index in [4.69, 9.17) is 0 Å². The molecule has 3 aromatic heterocycles. The number of hydrogen-bond donors (Lipinski definition) is 0. The van der Waals surface area contributed by atoms with E-state index in [1.807, 2.05) is 91.0 Å². The van der Waals surface area contributed by atoms with Crippen molar-refractivity contribution in [3.8, 4) is 39.1 Å². The number of imide groups is 1. The van der Waals surface area contributed by atoms with Gasteiger partial charge in [0.15, 0.2) is 0 Å². The van der Waals surface area contributed by atoms with Crippen molar-refractivity contribution in [3.63, 3.8) is 0 Å². The minimum absolute atomic E-state index is 0.331. The van der Waals surface area contributed by atoms with Gasteiger partial charge in [-0.05, 0) is 106 Å². The average Bonchev–Trinajstić information content (AvgIpc) is 3.62. The van der Waals surface area contributed by atoms with E-state index in [1.165, 1.54) is 4.90 Å². The van der Waals surface area contributed by atoms with Gasteiger partial charge in [-0.25, -0.2) is 4.90 Å². The van der Waals surface area contributed by atoms with E-state index < -0.39 is 0 Å². The molecule has 0 radical (unpaired) electrons. The largest absolute Gasteiger partial charge is 0.308 e. The summed E-state index contributed by atoms with van der Waals surface area (Å²) in [5.41, 5.74) is 10.1. The highest BCUT2D eigenvalue weighted by Gasteiger charge is 2.39. The molecule has 6 nitrogen and oxygen atoms in total. The van der Waals surface area contributed by atoms with Crippen LogP contribution in [0.15, 0.2) is 158 Å². The lowest BCUT2D eigenvalue weighted by molar-refractivity contribution is 0.0926. The number of anilines is 1. The van der Waals surface area contributed by atoms with Crippen molar-refractivity contribution in [1.82, 2.24) is 14.5 Å². The normalized spacial score (nSPS) is 12.6. The van der Waals surface area contributed by atoms with Gasteiger partial charge >= 0.3 is 0 Å². The molecule has 4 heterocycles. The number of fused-ring (bicyclic) bond motifs is 4. The Kier molecular flexibility index (Phi) is 6.33. The van der Waals surface area contributed by atoms with Crippen molar-refractivity contribution in [3.05, 3.63) is 169 Å². The summed E-state index contributed by atoms with van der Waals surface area (Å²) in [6.07, 6.45) is 7.17. The molecule has 0 aliphatic carbocycles. The summed E-state index contributed by atoms with van der Waals surface area (Å²) in [7, 11) is 0. The number of aromatic nitrogens is 3. The van der Waals surface area contributed by atoms with Gasteiger partial charge in [-0.1, -0.05) is 60.7 Å². The van der Waals surface area contributed by atoms with Crippen molar-refractivity contribution >= 4 is 39.3 Å². The summed E-state index contributed by atoms with van der Waals surface area (Å²) in [6.45, 7) is 0. The second kappa shape index (κ2) is 11.0. The first-order valence-electron chi connectivity index (χ1n) is 15.7. The minimum Gasteiger partial charge on any atom is -0.308 e. The van der Waals surface area contributed by atoms with Crippen LogP contribution in [0, 0.1) is 0 Å². The van der Waals surface area contributed by atoms with E-state index in [2.05, 4.69) is 50.9 Å². The number of pyridine rings is 2. The first-order valence-corrected chi connectivity index (χ1v) is 15.7. The quantitative estimate of drug-likeness (QED) is 0.180. The topological polar surface area (TPSA) is 68.1 Å². The van der Waals surface area contributed by atoms with Crippen LogP contribution in [0.5, 0.6) is 0 Å². The van der Waals surface area contributed by atoms with Gasteiger partial charge < -0.3 is 4.57 Å². The molecule has 9 rings (SSSR count). The summed E-state index contributed by atoms with van der Waals surface area (Å²) in [5.74, 6) is -0.671. The number of carbonyl (C=O) groups excluding carboxylic acids is 2. The van der Waals surface area contributed by atoms with Crippen LogP contribution in [0.2, 0.25) is 0 Å². The standard InChI is InChI=1S/C42H26N4O2/c47-41-34-10-5-11-39(40(34)42(48)45(41)33-9-4-8-30(24-33)27-6-2-1-3-7-27)46-37-14-12-31(28-16-20-43-21-17-28)25-35(37)36-26-32(13-15-38(36)46)29-18-22-44-23-19-29/h1-26H. The third-order valence-corrected chi connectivity index (χ3v) is 9.14. The third-order valence-electron chi connectivity index (χ3n) is 9.14. The zero-order valence-electron chi connectivity index (χ0n) is 25.6. The maximum Gasteiger partial charge on any atom is 0.268 e. The fourth-order valence-electron chi connectivity index (χ4n) is 6.87. The van der Waals surface area contributed by atoms with Crippen LogP contribution in [-0.4, -0.2) is 26.3 Å². The fraction of sp³-hybridized carbons (Fsp3) is 0. The molecule has 0 saturated heterocycles. The van der Waals surface area contributed by atoms with Gasteiger partial charge in [0.25, 0.3) is 11.8 Å². The van der Waals surface area contributed by atoms with E-state index in [0.29, 0.717) is 22.5 Å². The SMILES string of the molecule is O=C1c2cccc(-n3c4ccc(-c5ccncc5)cc4c4cc(-c5ccncc5)ccc43)c2C(=O)N1c1cccc(-c2ccccc2)c1. The molecule has 1 aliphatic heterocycles. The third kappa shape index (κ3) is 4.35. The van der Waals surface area contributed by atoms with E-state index in [-0.39, 0.29) is 11.8 Å². The molecule has 5 aromatic carbocycles. The first kappa shape index (κ1) is 27.6. The molecule has 2 amide bonds. The smallest absolute Gasteiger partial charge is 0.268 e. The molecular weight excluding hydrogens is 592 g/mol. The molecule has 0 spiro atoms. The lowest BCUT2D eigenvalue weighted by atomic mass is 10.0.